The summed E-state index contributed by atoms with van der Waals surface area (Å²) < 4.78 is 33.4. The molecule has 8 nitrogen and oxygen atoms in total. The molecule has 1 aromatic rings. The predicted molar refractivity (Wildman–Crippen MR) is 94.1 cm³/mol. The van der Waals surface area contributed by atoms with Gasteiger partial charge in [-0.2, -0.15) is 8.42 Å². The van der Waals surface area contributed by atoms with Crippen LogP contribution in [0.25, 0.3) is 0 Å². The summed E-state index contributed by atoms with van der Waals surface area (Å²) in [6.07, 6.45) is 0.197. The van der Waals surface area contributed by atoms with Gasteiger partial charge in [0.1, 0.15) is 4.90 Å². The van der Waals surface area contributed by atoms with Crippen LogP contribution in [-0.2, 0) is 24.3 Å². The van der Waals surface area contributed by atoms with Gasteiger partial charge in [0.25, 0.3) is 15.9 Å². The number of amides is 1. The van der Waals surface area contributed by atoms with Crippen LogP contribution < -0.4 is 5.32 Å². The summed E-state index contributed by atoms with van der Waals surface area (Å²) in [7, 11) is -2.17. The van der Waals surface area contributed by atoms with Gasteiger partial charge < -0.3 is 15.0 Å². The lowest BCUT2D eigenvalue weighted by atomic mass is 9.96. The fraction of sp³-hybridized carbons (Fsp3) is 0.471. The third-order valence-electron chi connectivity index (χ3n) is 4.65. The van der Waals surface area contributed by atoms with Crippen molar-refractivity contribution in [1.82, 2.24) is 10.2 Å². The number of benzene rings is 1. The molecule has 0 bridgehead atoms. The SMILES string of the molecule is CNC(=O)C(C)OC(=O)C1CCN(C2=NS(=O)(=O)c3ccccc32)CC1. The Morgan fingerprint density at radius 1 is 1.27 bits per heavy atom. The van der Waals surface area contributed by atoms with Gasteiger partial charge in [-0.1, -0.05) is 12.1 Å². The Morgan fingerprint density at radius 3 is 2.58 bits per heavy atom. The van der Waals surface area contributed by atoms with Crippen molar-refractivity contribution in [3.63, 3.8) is 0 Å². The van der Waals surface area contributed by atoms with Gasteiger partial charge in [-0.25, -0.2) is 0 Å². The Bertz CT molecular complexity index is 857. The first-order chi connectivity index (χ1) is 12.3. The minimum Gasteiger partial charge on any atom is -0.452 e. The number of nitrogens with one attached hydrogen (secondary N) is 1. The van der Waals surface area contributed by atoms with Crippen molar-refractivity contribution in [3.05, 3.63) is 29.8 Å². The fourth-order valence-electron chi connectivity index (χ4n) is 3.17. The first kappa shape index (κ1) is 18.4. The van der Waals surface area contributed by atoms with Crippen LogP contribution in [0.15, 0.2) is 33.6 Å². The molecule has 1 atom stereocenters. The summed E-state index contributed by atoms with van der Waals surface area (Å²) in [4.78, 5) is 25.8. The van der Waals surface area contributed by atoms with E-state index in [0.29, 0.717) is 37.3 Å². The Morgan fingerprint density at radius 2 is 1.92 bits per heavy atom. The molecule has 2 heterocycles. The zero-order chi connectivity index (χ0) is 18.9. The number of sulfonamides is 1. The summed E-state index contributed by atoms with van der Waals surface area (Å²) >= 11 is 0. The van der Waals surface area contributed by atoms with Crippen LogP contribution >= 0.6 is 0 Å². The van der Waals surface area contributed by atoms with Crippen LogP contribution in [0, 0.1) is 5.92 Å². The summed E-state index contributed by atoms with van der Waals surface area (Å²) in [5, 5.41) is 2.44. The average Bonchev–Trinajstić information content (AvgIpc) is 2.92. The zero-order valence-corrected chi connectivity index (χ0v) is 15.5. The minimum absolute atomic E-state index is 0.218. The maximum absolute atomic E-state index is 12.2. The van der Waals surface area contributed by atoms with E-state index >= 15 is 0 Å². The monoisotopic (exact) mass is 379 g/mol. The normalized spacial score (nSPS) is 20.1. The largest absolute Gasteiger partial charge is 0.452 e. The van der Waals surface area contributed by atoms with Crippen LogP contribution in [0.1, 0.15) is 25.3 Å². The molecule has 0 radical (unpaired) electrons. The Balaban J connectivity index is 1.65. The molecule has 1 N–H and O–H groups in total. The number of carbonyl (C=O) groups is 2. The van der Waals surface area contributed by atoms with E-state index in [2.05, 4.69) is 9.71 Å². The Kier molecular flexibility index (Phi) is 4.99. The number of hydrogen-bond donors (Lipinski definition) is 1. The summed E-state index contributed by atoms with van der Waals surface area (Å²) in [5.74, 6) is -0.626. The number of amidine groups is 1. The lowest BCUT2D eigenvalue weighted by Gasteiger charge is -2.32. The molecule has 0 aliphatic carbocycles. The van der Waals surface area contributed by atoms with Crippen molar-refractivity contribution in [2.24, 2.45) is 10.3 Å². The molecule has 140 valence electrons. The first-order valence-corrected chi connectivity index (χ1v) is 9.89. The number of fused-ring (bicyclic) bond motifs is 1. The summed E-state index contributed by atoms with van der Waals surface area (Å²) in [6.45, 7) is 2.52. The molecular formula is C17H21N3O5S. The predicted octanol–water partition coefficient (Wildman–Crippen LogP) is 0.525. The molecule has 2 aliphatic rings. The van der Waals surface area contributed by atoms with Gasteiger partial charge >= 0.3 is 5.97 Å². The van der Waals surface area contributed by atoms with E-state index in [-0.39, 0.29) is 16.7 Å². The van der Waals surface area contributed by atoms with E-state index in [9.17, 15) is 18.0 Å². The standard InChI is InChI=1S/C17H21N3O5S/c1-11(16(21)18-2)25-17(22)12-7-9-20(10-8-12)15-13-5-3-4-6-14(13)26(23,24)19-15/h3-6,11-12H,7-10H2,1-2H3,(H,18,21). The molecule has 0 saturated carbocycles. The van der Waals surface area contributed by atoms with Crippen molar-refractivity contribution in [3.8, 4) is 0 Å². The maximum Gasteiger partial charge on any atom is 0.309 e. The highest BCUT2D eigenvalue weighted by Crippen LogP contribution is 2.29. The van der Waals surface area contributed by atoms with Crippen LogP contribution in [0.3, 0.4) is 0 Å². The van der Waals surface area contributed by atoms with Gasteiger partial charge in [0, 0.05) is 25.7 Å². The average molecular weight is 379 g/mol. The van der Waals surface area contributed by atoms with Crippen LogP contribution in [0.4, 0.5) is 0 Å². The Hall–Kier alpha value is -2.42. The number of carbonyl (C=O) groups excluding carboxylic acids is 2. The third-order valence-corrected chi connectivity index (χ3v) is 5.97. The molecule has 9 heteroatoms. The molecule has 1 unspecified atom stereocenters. The number of ether oxygens (including phenoxy) is 1. The molecular weight excluding hydrogens is 358 g/mol. The molecule has 3 rings (SSSR count). The zero-order valence-electron chi connectivity index (χ0n) is 14.6. The third kappa shape index (κ3) is 3.44. The number of piperidine rings is 1. The van der Waals surface area contributed by atoms with E-state index in [1.165, 1.54) is 14.0 Å². The summed E-state index contributed by atoms with van der Waals surface area (Å²) in [6, 6.07) is 6.74. The van der Waals surface area contributed by atoms with Gasteiger partial charge in [-0.05, 0) is 31.9 Å². The number of likely N-dealkylation sites (N-methyl/N-ethyl adjacent to an activating group) is 1. The van der Waals surface area contributed by atoms with Crippen LogP contribution in [-0.4, -0.2) is 57.3 Å². The van der Waals surface area contributed by atoms with Crippen LogP contribution in [0.2, 0.25) is 0 Å². The Labute approximate surface area is 152 Å². The quantitative estimate of drug-likeness (QED) is 0.768. The lowest BCUT2D eigenvalue weighted by Crippen LogP contribution is -2.42. The fourth-order valence-corrected chi connectivity index (χ4v) is 4.40. The topological polar surface area (TPSA) is 105 Å². The van der Waals surface area contributed by atoms with E-state index in [1.807, 2.05) is 4.90 Å². The second kappa shape index (κ2) is 7.06. The number of hydrogen-bond acceptors (Lipinski definition) is 6. The van der Waals surface area contributed by atoms with E-state index in [1.54, 1.807) is 24.3 Å². The van der Waals surface area contributed by atoms with Gasteiger partial charge in [0.15, 0.2) is 11.9 Å². The summed E-state index contributed by atoms with van der Waals surface area (Å²) in [5.41, 5.74) is 0.599. The molecule has 26 heavy (non-hydrogen) atoms. The second-order valence-corrected chi connectivity index (χ2v) is 7.91. The van der Waals surface area contributed by atoms with E-state index in [0.717, 1.165) is 0 Å². The van der Waals surface area contributed by atoms with Crippen molar-refractivity contribution < 1.29 is 22.7 Å². The van der Waals surface area contributed by atoms with Gasteiger partial charge in [0.05, 0.1) is 5.92 Å². The highest BCUT2D eigenvalue weighted by atomic mass is 32.2. The molecule has 1 saturated heterocycles. The molecule has 1 amide bonds. The number of nitrogens with zero attached hydrogens (tertiary/aromatic N) is 2. The highest BCUT2D eigenvalue weighted by Gasteiger charge is 2.35. The van der Waals surface area contributed by atoms with Crippen LogP contribution in [0.5, 0.6) is 0 Å². The van der Waals surface area contributed by atoms with Crippen molar-refractivity contribution >= 4 is 27.7 Å². The number of likely N-dealkylation sites (tertiary alicyclic amines) is 1. The first-order valence-electron chi connectivity index (χ1n) is 8.45. The van der Waals surface area contributed by atoms with Gasteiger partial charge in [-0.15, -0.1) is 4.40 Å². The lowest BCUT2D eigenvalue weighted by molar-refractivity contribution is -0.159. The number of esters is 1. The van der Waals surface area contributed by atoms with Crippen molar-refractivity contribution in [2.45, 2.75) is 30.8 Å². The van der Waals surface area contributed by atoms with Crippen molar-refractivity contribution in [2.75, 3.05) is 20.1 Å². The van der Waals surface area contributed by atoms with E-state index in [4.69, 9.17) is 4.74 Å². The highest BCUT2D eigenvalue weighted by molar-refractivity contribution is 7.90. The number of rotatable bonds is 3. The van der Waals surface area contributed by atoms with E-state index < -0.39 is 22.1 Å². The molecule has 0 spiro atoms. The molecule has 2 aliphatic heterocycles. The van der Waals surface area contributed by atoms with Gasteiger partial charge in [-0.3, -0.25) is 9.59 Å². The smallest absolute Gasteiger partial charge is 0.309 e. The molecule has 1 aromatic carbocycles. The molecule has 0 aromatic heterocycles. The second-order valence-electron chi connectivity index (χ2n) is 6.34. The molecule has 1 fully saturated rings. The maximum atomic E-state index is 12.2. The van der Waals surface area contributed by atoms with Gasteiger partial charge in [0.2, 0.25) is 0 Å². The minimum atomic E-state index is -3.65. The van der Waals surface area contributed by atoms with Crippen molar-refractivity contribution in [1.29, 1.82) is 0 Å².